The van der Waals surface area contributed by atoms with Crippen LogP contribution in [0.5, 0.6) is 0 Å². The van der Waals surface area contributed by atoms with Gasteiger partial charge in [0.05, 0.1) is 26.4 Å². The van der Waals surface area contributed by atoms with Gasteiger partial charge in [-0.3, -0.25) is 0 Å². The normalized spacial score (nSPS) is 21.6. The molecular formula is C11H13BrO3. The fourth-order valence-electron chi connectivity index (χ4n) is 1.73. The van der Waals surface area contributed by atoms with Crippen molar-refractivity contribution >= 4 is 15.9 Å². The minimum atomic E-state index is -0.0727. The molecule has 0 spiro atoms. The quantitative estimate of drug-likeness (QED) is 0.896. The summed E-state index contributed by atoms with van der Waals surface area (Å²) in [6.45, 7) is 1.83. The lowest BCUT2D eigenvalue weighted by molar-refractivity contribution is -0.0909. The molecule has 1 heterocycles. The fraction of sp³-hybridized carbons (Fsp3) is 0.455. The van der Waals surface area contributed by atoms with Crippen molar-refractivity contribution in [2.45, 2.75) is 12.7 Å². The summed E-state index contributed by atoms with van der Waals surface area (Å²) in [6.07, 6.45) is -0.0727. The van der Waals surface area contributed by atoms with E-state index in [-0.39, 0.29) is 12.7 Å². The molecule has 1 fully saturated rings. The average molecular weight is 273 g/mol. The van der Waals surface area contributed by atoms with Gasteiger partial charge in [0.2, 0.25) is 0 Å². The molecule has 15 heavy (non-hydrogen) atoms. The lowest BCUT2D eigenvalue weighted by Gasteiger charge is -2.25. The summed E-state index contributed by atoms with van der Waals surface area (Å²) in [7, 11) is 0. The number of benzene rings is 1. The van der Waals surface area contributed by atoms with E-state index in [0.717, 1.165) is 15.6 Å². The first-order valence-electron chi connectivity index (χ1n) is 4.90. The zero-order valence-corrected chi connectivity index (χ0v) is 9.87. The van der Waals surface area contributed by atoms with E-state index < -0.39 is 0 Å². The molecule has 4 heteroatoms. The van der Waals surface area contributed by atoms with Crippen LogP contribution in [-0.2, 0) is 16.1 Å². The van der Waals surface area contributed by atoms with E-state index >= 15 is 0 Å². The SMILES string of the molecule is OCc1cccc(Br)c1C1COCCO1. The van der Waals surface area contributed by atoms with E-state index in [1.165, 1.54) is 0 Å². The zero-order chi connectivity index (χ0) is 10.7. The van der Waals surface area contributed by atoms with Crippen molar-refractivity contribution in [1.82, 2.24) is 0 Å². The van der Waals surface area contributed by atoms with Crippen LogP contribution >= 0.6 is 15.9 Å². The van der Waals surface area contributed by atoms with Crippen molar-refractivity contribution in [2.24, 2.45) is 0 Å². The molecule has 1 N–H and O–H groups in total. The first kappa shape index (κ1) is 11.1. The maximum Gasteiger partial charge on any atom is 0.107 e. The maximum atomic E-state index is 9.26. The van der Waals surface area contributed by atoms with Gasteiger partial charge in [0.15, 0.2) is 0 Å². The molecule has 1 atom stereocenters. The highest BCUT2D eigenvalue weighted by Crippen LogP contribution is 2.31. The Kier molecular flexibility index (Phi) is 3.75. The van der Waals surface area contributed by atoms with E-state index in [0.29, 0.717) is 19.8 Å². The summed E-state index contributed by atoms with van der Waals surface area (Å²) in [4.78, 5) is 0. The van der Waals surface area contributed by atoms with Gasteiger partial charge in [0, 0.05) is 10.0 Å². The van der Waals surface area contributed by atoms with E-state index in [1.54, 1.807) is 0 Å². The number of aliphatic hydroxyl groups is 1. The van der Waals surface area contributed by atoms with Gasteiger partial charge >= 0.3 is 0 Å². The van der Waals surface area contributed by atoms with Crippen molar-refractivity contribution in [2.75, 3.05) is 19.8 Å². The third-order valence-corrected chi connectivity index (χ3v) is 3.14. The van der Waals surface area contributed by atoms with Crippen LogP contribution in [0.25, 0.3) is 0 Å². The Morgan fingerprint density at radius 1 is 1.40 bits per heavy atom. The molecule has 3 nitrogen and oxygen atoms in total. The Hall–Kier alpha value is -0.420. The van der Waals surface area contributed by atoms with Crippen molar-refractivity contribution in [1.29, 1.82) is 0 Å². The van der Waals surface area contributed by atoms with Crippen LogP contribution in [-0.4, -0.2) is 24.9 Å². The van der Waals surface area contributed by atoms with Gasteiger partial charge in [-0.25, -0.2) is 0 Å². The number of halogens is 1. The van der Waals surface area contributed by atoms with E-state index in [4.69, 9.17) is 9.47 Å². The van der Waals surface area contributed by atoms with Crippen molar-refractivity contribution in [3.05, 3.63) is 33.8 Å². The zero-order valence-electron chi connectivity index (χ0n) is 8.28. The summed E-state index contributed by atoms with van der Waals surface area (Å²) < 4.78 is 11.9. The second kappa shape index (κ2) is 5.07. The van der Waals surface area contributed by atoms with Crippen LogP contribution < -0.4 is 0 Å². The molecule has 2 rings (SSSR count). The molecule has 0 aromatic heterocycles. The number of hydrogen-bond donors (Lipinski definition) is 1. The minimum Gasteiger partial charge on any atom is -0.392 e. The summed E-state index contributed by atoms with van der Waals surface area (Å²) >= 11 is 3.48. The highest BCUT2D eigenvalue weighted by Gasteiger charge is 2.21. The Bertz CT molecular complexity index is 335. The first-order chi connectivity index (χ1) is 7.33. The molecule has 1 aliphatic rings. The molecule has 0 radical (unpaired) electrons. The number of rotatable bonds is 2. The standard InChI is InChI=1S/C11H13BrO3/c12-9-3-1-2-8(6-13)11(9)10-7-14-4-5-15-10/h1-3,10,13H,4-7H2. The second-order valence-electron chi connectivity index (χ2n) is 3.41. The molecule has 1 unspecified atom stereocenters. The van der Waals surface area contributed by atoms with Gasteiger partial charge in [-0.15, -0.1) is 0 Å². The third-order valence-electron chi connectivity index (χ3n) is 2.45. The van der Waals surface area contributed by atoms with Crippen LogP contribution in [0.2, 0.25) is 0 Å². The fourth-order valence-corrected chi connectivity index (χ4v) is 2.40. The molecule has 1 saturated heterocycles. The van der Waals surface area contributed by atoms with Crippen molar-refractivity contribution in [3.8, 4) is 0 Å². The average Bonchev–Trinajstić information content (AvgIpc) is 2.29. The van der Waals surface area contributed by atoms with E-state index in [1.807, 2.05) is 18.2 Å². The van der Waals surface area contributed by atoms with E-state index in [9.17, 15) is 5.11 Å². The smallest absolute Gasteiger partial charge is 0.107 e. The monoisotopic (exact) mass is 272 g/mol. The Labute approximate surface area is 97.1 Å². The van der Waals surface area contributed by atoms with Gasteiger partial charge in [-0.05, 0) is 11.6 Å². The predicted octanol–water partition coefficient (Wildman–Crippen LogP) is 2.03. The highest BCUT2D eigenvalue weighted by molar-refractivity contribution is 9.10. The number of ether oxygens (including phenoxy) is 2. The molecule has 0 saturated carbocycles. The molecule has 1 aliphatic heterocycles. The maximum absolute atomic E-state index is 9.26. The summed E-state index contributed by atoms with van der Waals surface area (Å²) in [5, 5.41) is 9.26. The lowest BCUT2D eigenvalue weighted by atomic mass is 10.0. The minimum absolute atomic E-state index is 0.0225. The van der Waals surface area contributed by atoms with Crippen molar-refractivity contribution in [3.63, 3.8) is 0 Å². The number of hydrogen-bond acceptors (Lipinski definition) is 3. The molecular weight excluding hydrogens is 260 g/mol. The molecule has 0 aliphatic carbocycles. The van der Waals surface area contributed by atoms with Crippen molar-refractivity contribution < 1.29 is 14.6 Å². The molecule has 0 bridgehead atoms. The Balaban J connectivity index is 2.31. The van der Waals surface area contributed by atoms with Gasteiger partial charge in [0.25, 0.3) is 0 Å². The molecule has 82 valence electrons. The molecule has 1 aromatic rings. The highest BCUT2D eigenvalue weighted by atomic mass is 79.9. The Morgan fingerprint density at radius 2 is 2.27 bits per heavy atom. The topological polar surface area (TPSA) is 38.7 Å². The summed E-state index contributed by atoms with van der Waals surface area (Å²) in [5.41, 5.74) is 1.89. The largest absolute Gasteiger partial charge is 0.392 e. The summed E-state index contributed by atoms with van der Waals surface area (Å²) in [5.74, 6) is 0. The van der Waals surface area contributed by atoms with Crippen LogP contribution in [0.15, 0.2) is 22.7 Å². The van der Waals surface area contributed by atoms with Gasteiger partial charge in [-0.2, -0.15) is 0 Å². The molecule has 0 amide bonds. The summed E-state index contributed by atoms with van der Waals surface area (Å²) in [6, 6.07) is 5.76. The van der Waals surface area contributed by atoms with Gasteiger partial charge < -0.3 is 14.6 Å². The predicted molar refractivity (Wildman–Crippen MR) is 59.6 cm³/mol. The number of aliphatic hydroxyl groups excluding tert-OH is 1. The Morgan fingerprint density at radius 3 is 2.93 bits per heavy atom. The van der Waals surface area contributed by atoms with E-state index in [2.05, 4.69) is 15.9 Å². The third kappa shape index (κ3) is 2.39. The second-order valence-corrected chi connectivity index (χ2v) is 4.26. The van der Waals surface area contributed by atoms with Gasteiger partial charge in [0.1, 0.15) is 6.10 Å². The van der Waals surface area contributed by atoms with Crippen LogP contribution in [0.1, 0.15) is 17.2 Å². The van der Waals surface area contributed by atoms with Gasteiger partial charge in [-0.1, -0.05) is 28.1 Å². The van der Waals surface area contributed by atoms with Crippen LogP contribution in [0, 0.1) is 0 Å². The first-order valence-corrected chi connectivity index (χ1v) is 5.69. The molecule has 1 aromatic carbocycles. The van der Waals surface area contributed by atoms with Crippen LogP contribution in [0.4, 0.5) is 0 Å². The van der Waals surface area contributed by atoms with Crippen LogP contribution in [0.3, 0.4) is 0 Å². The lowest BCUT2D eigenvalue weighted by Crippen LogP contribution is -2.23.